The molecule has 0 bridgehead atoms. The van der Waals surface area contributed by atoms with Crippen LogP contribution in [0.1, 0.15) is 46.0 Å². The highest BCUT2D eigenvalue weighted by Gasteiger charge is 2.26. The van der Waals surface area contributed by atoms with Crippen molar-refractivity contribution in [1.29, 1.82) is 0 Å². The molecular formula is C12H26NO+. The first-order chi connectivity index (χ1) is 6.77. The van der Waals surface area contributed by atoms with Gasteiger partial charge in [-0.25, -0.2) is 0 Å². The smallest absolute Gasteiger partial charge is 0.101 e. The molecule has 0 radical (unpaired) electrons. The van der Waals surface area contributed by atoms with Crippen LogP contribution in [0, 0.1) is 5.92 Å². The van der Waals surface area contributed by atoms with Crippen molar-refractivity contribution in [2.75, 3.05) is 19.7 Å². The molecule has 2 heteroatoms. The Morgan fingerprint density at radius 1 is 1.29 bits per heavy atom. The minimum Gasteiger partial charge on any atom is -0.391 e. The molecule has 1 aliphatic rings. The van der Waals surface area contributed by atoms with Gasteiger partial charge in [-0.15, -0.1) is 0 Å². The van der Waals surface area contributed by atoms with Gasteiger partial charge < -0.3 is 10.0 Å². The van der Waals surface area contributed by atoms with E-state index in [1.54, 1.807) is 4.90 Å². The predicted octanol–water partition coefficient (Wildman–Crippen LogP) is 0.852. The van der Waals surface area contributed by atoms with E-state index in [-0.39, 0.29) is 0 Å². The molecule has 84 valence electrons. The SMILES string of the molecule is CCC[NH+](CCO)[C@H]1CCC[C@H](C)C1. The molecule has 2 N–H and O–H groups in total. The molecular weight excluding hydrogens is 174 g/mol. The van der Waals surface area contributed by atoms with Crippen molar-refractivity contribution in [2.24, 2.45) is 5.92 Å². The van der Waals surface area contributed by atoms with Crippen LogP contribution in [0.25, 0.3) is 0 Å². The number of nitrogens with one attached hydrogen (secondary N) is 1. The summed E-state index contributed by atoms with van der Waals surface area (Å²) >= 11 is 0. The minimum absolute atomic E-state index is 0.347. The van der Waals surface area contributed by atoms with Gasteiger partial charge in [0.15, 0.2) is 0 Å². The number of aliphatic hydroxyl groups excluding tert-OH is 1. The fourth-order valence-corrected chi connectivity index (χ4v) is 2.80. The molecule has 0 amide bonds. The van der Waals surface area contributed by atoms with E-state index in [2.05, 4.69) is 13.8 Å². The first-order valence-corrected chi connectivity index (χ1v) is 6.23. The lowest BCUT2D eigenvalue weighted by Crippen LogP contribution is -3.16. The standard InChI is InChI=1S/C12H25NO/c1-3-7-13(8-9-14)12-6-4-5-11(2)10-12/h11-12,14H,3-10H2,1-2H3/p+1/t11-,12-/m0/s1. The van der Waals surface area contributed by atoms with Crippen LogP contribution in [0.2, 0.25) is 0 Å². The zero-order valence-corrected chi connectivity index (χ0v) is 9.76. The van der Waals surface area contributed by atoms with E-state index < -0.39 is 0 Å². The van der Waals surface area contributed by atoms with Gasteiger partial charge in [-0.3, -0.25) is 0 Å². The van der Waals surface area contributed by atoms with Crippen LogP contribution < -0.4 is 4.90 Å². The van der Waals surface area contributed by atoms with Crippen molar-refractivity contribution in [2.45, 2.75) is 52.0 Å². The van der Waals surface area contributed by atoms with Gasteiger partial charge in [0.25, 0.3) is 0 Å². The molecule has 14 heavy (non-hydrogen) atoms. The summed E-state index contributed by atoms with van der Waals surface area (Å²) in [6.45, 7) is 7.14. The average molecular weight is 200 g/mol. The first-order valence-electron chi connectivity index (χ1n) is 6.23. The van der Waals surface area contributed by atoms with Gasteiger partial charge in [-0.05, 0) is 25.2 Å². The lowest BCUT2D eigenvalue weighted by molar-refractivity contribution is -0.927. The van der Waals surface area contributed by atoms with Crippen LogP contribution in [0.15, 0.2) is 0 Å². The third-order valence-corrected chi connectivity index (χ3v) is 3.52. The Hall–Kier alpha value is -0.0800. The van der Waals surface area contributed by atoms with Crippen molar-refractivity contribution in [3.8, 4) is 0 Å². The lowest BCUT2D eigenvalue weighted by atomic mass is 9.86. The maximum atomic E-state index is 9.04. The second-order valence-corrected chi connectivity index (χ2v) is 4.85. The molecule has 0 heterocycles. The summed E-state index contributed by atoms with van der Waals surface area (Å²) in [5.74, 6) is 0.902. The monoisotopic (exact) mass is 200 g/mol. The maximum absolute atomic E-state index is 9.04. The molecule has 1 fully saturated rings. The summed E-state index contributed by atoms with van der Waals surface area (Å²) in [6, 6.07) is 0.825. The Labute approximate surface area is 88.3 Å². The van der Waals surface area contributed by atoms with Gasteiger partial charge in [0, 0.05) is 6.42 Å². The molecule has 1 rings (SSSR count). The van der Waals surface area contributed by atoms with Crippen molar-refractivity contribution in [1.82, 2.24) is 0 Å². The molecule has 0 aliphatic heterocycles. The normalized spacial score (nSPS) is 30.2. The highest BCUT2D eigenvalue weighted by molar-refractivity contribution is 4.69. The highest BCUT2D eigenvalue weighted by Crippen LogP contribution is 2.21. The van der Waals surface area contributed by atoms with Gasteiger partial charge in [-0.2, -0.15) is 0 Å². The van der Waals surface area contributed by atoms with Gasteiger partial charge in [0.1, 0.15) is 6.54 Å². The molecule has 1 unspecified atom stereocenters. The predicted molar refractivity (Wildman–Crippen MR) is 59.5 cm³/mol. The molecule has 3 atom stereocenters. The molecule has 1 aliphatic carbocycles. The Morgan fingerprint density at radius 2 is 2.07 bits per heavy atom. The van der Waals surface area contributed by atoms with Crippen molar-refractivity contribution >= 4 is 0 Å². The first kappa shape index (κ1) is 12.0. The number of rotatable bonds is 5. The van der Waals surface area contributed by atoms with Gasteiger partial charge in [-0.1, -0.05) is 20.3 Å². The van der Waals surface area contributed by atoms with Crippen molar-refractivity contribution in [3.05, 3.63) is 0 Å². The maximum Gasteiger partial charge on any atom is 0.101 e. The number of aliphatic hydroxyl groups is 1. The fourth-order valence-electron chi connectivity index (χ4n) is 2.80. The van der Waals surface area contributed by atoms with Crippen molar-refractivity contribution < 1.29 is 10.0 Å². The number of hydrogen-bond donors (Lipinski definition) is 2. The average Bonchev–Trinajstić information content (AvgIpc) is 2.17. The Morgan fingerprint density at radius 3 is 2.64 bits per heavy atom. The van der Waals surface area contributed by atoms with Crippen LogP contribution in [0.5, 0.6) is 0 Å². The van der Waals surface area contributed by atoms with Gasteiger partial charge >= 0.3 is 0 Å². The topological polar surface area (TPSA) is 24.7 Å². The summed E-state index contributed by atoms with van der Waals surface area (Å²) < 4.78 is 0. The summed E-state index contributed by atoms with van der Waals surface area (Å²) in [4.78, 5) is 1.64. The van der Waals surface area contributed by atoms with Crippen LogP contribution in [-0.2, 0) is 0 Å². The zero-order valence-electron chi connectivity index (χ0n) is 9.76. The third-order valence-electron chi connectivity index (χ3n) is 3.52. The molecule has 1 saturated carbocycles. The quantitative estimate of drug-likeness (QED) is 0.676. The number of hydrogen-bond acceptors (Lipinski definition) is 1. The zero-order chi connectivity index (χ0) is 10.4. The second kappa shape index (κ2) is 6.41. The second-order valence-electron chi connectivity index (χ2n) is 4.85. The summed E-state index contributed by atoms with van der Waals surface area (Å²) in [5.41, 5.74) is 0. The van der Waals surface area contributed by atoms with E-state index in [1.807, 2.05) is 0 Å². The lowest BCUT2D eigenvalue weighted by Gasteiger charge is -2.33. The van der Waals surface area contributed by atoms with E-state index in [0.29, 0.717) is 6.61 Å². The molecule has 0 aromatic heterocycles. The van der Waals surface area contributed by atoms with Crippen molar-refractivity contribution in [3.63, 3.8) is 0 Å². The van der Waals surface area contributed by atoms with Gasteiger partial charge in [0.2, 0.25) is 0 Å². The molecule has 0 saturated heterocycles. The summed E-state index contributed by atoms with van der Waals surface area (Å²) in [6.07, 6.45) is 6.79. The van der Waals surface area contributed by atoms with E-state index >= 15 is 0 Å². The van der Waals surface area contributed by atoms with E-state index in [0.717, 1.165) is 18.5 Å². The van der Waals surface area contributed by atoms with E-state index in [9.17, 15) is 0 Å². The largest absolute Gasteiger partial charge is 0.391 e. The third kappa shape index (κ3) is 3.58. The molecule has 0 aromatic carbocycles. The van der Waals surface area contributed by atoms with E-state index in [4.69, 9.17) is 5.11 Å². The molecule has 2 nitrogen and oxygen atoms in total. The molecule has 0 aromatic rings. The summed E-state index contributed by atoms with van der Waals surface area (Å²) in [7, 11) is 0. The van der Waals surface area contributed by atoms with Crippen LogP contribution >= 0.6 is 0 Å². The van der Waals surface area contributed by atoms with Crippen LogP contribution in [-0.4, -0.2) is 30.8 Å². The summed E-state index contributed by atoms with van der Waals surface area (Å²) in [5, 5.41) is 9.04. The Bertz CT molecular complexity index is 141. The minimum atomic E-state index is 0.347. The Kier molecular flexibility index (Phi) is 5.49. The van der Waals surface area contributed by atoms with Crippen LogP contribution in [0.3, 0.4) is 0 Å². The van der Waals surface area contributed by atoms with Crippen LogP contribution in [0.4, 0.5) is 0 Å². The fraction of sp³-hybridized carbons (Fsp3) is 1.00. The van der Waals surface area contributed by atoms with Gasteiger partial charge in [0.05, 0.1) is 19.2 Å². The highest BCUT2D eigenvalue weighted by atomic mass is 16.3. The number of quaternary nitrogens is 1. The Balaban J connectivity index is 2.39. The molecule has 0 spiro atoms. The van der Waals surface area contributed by atoms with E-state index in [1.165, 1.54) is 38.6 Å².